The Morgan fingerprint density at radius 3 is 2.54 bits per heavy atom. The number of fused-ring (bicyclic) bond motifs is 3. The molecule has 2 N–H and O–H groups in total. The van der Waals surface area contributed by atoms with Crippen LogP contribution in [0.1, 0.15) is 16.1 Å². The number of aromatic nitrogens is 4. The lowest BCUT2D eigenvalue weighted by molar-refractivity contribution is 0.0886. The fourth-order valence-corrected chi connectivity index (χ4v) is 4.35. The van der Waals surface area contributed by atoms with E-state index in [-0.39, 0.29) is 34.5 Å². The van der Waals surface area contributed by atoms with Gasteiger partial charge in [-0.1, -0.05) is 6.07 Å². The summed E-state index contributed by atoms with van der Waals surface area (Å²) in [5.74, 6) is -3.25. The van der Waals surface area contributed by atoms with Gasteiger partial charge in [0, 0.05) is 38.3 Å². The molecule has 1 aliphatic rings. The van der Waals surface area contributed by atoms with Gasteiger partial charge in [-0.3, -0.25) is 14.5 Å². The van der Waals surface area contributed by atoms with Crippen LogP contribution in [0.15, 0.2) is 35.3 Å². The van der Waals surface area contributed by atoms with Gasteiger partial charge in [0.05, 0.1) is 23.9 Å². The van der Waals surface area contributed by atoms with Crippen molar-refractivity contribution in [2.75, 3.05) is 37.6 Å². The summed E-state index contributed by atoms with van der Waals surface area (Å²) in [7, 11) is 0. The number of rotatable bonds is 6. The van der Waals surface area contributed by atoms with Crippen LogP contribution in [0.3, 0.4) is 0 Å². The second kappa shape index (κ2) is 9.76. The SMILES string of the molecule is O=C(NCC(F)F)c1ccc(N2CCN(Cc3ccc4c([nH]c(=O)c5c(F)cnn54)c3F)CC2)c(F)n1. The largest absolute Gasteiger partial charge is 0.365 e. The molecule has 4 heterocycles. The molecule has 1 aromatic carbocycles. The van der Waals surface area contributed by atoms with Gasteiger partial charge in [-0.15, -0.1) is 0 Å². The number of alkyl halides is 2. The van der Waals surface area contributed by atoms with Crippen LogP contribution in [0.4, 0.5) is 27.6 Å². The molecule has 1 amide bonds. The van der Waals surface area contributed by atoms with Crippen LogP contribution in [0.5, 0.6) is 0 Å². The summed E-state index contributed by atoms with van der Waals surface area (Å²) in [6, 6.07) is 5.73. The number of carbonyl (C=O) groups excluding carboxylic acids is 1. The van der Waals surface area contributed by atoms with Gasteiger partial charge >= 0.3 is 0 Å². The minimum Gasteiger partial charge on any atom is -0.365 e. The lowest BCUT2D eigenvalue weighted by Crippen LogP contribution is -2.46. The predicted molar refractivity (Wildman–Crippen MR) is 123 cm³/mol. The number of benzene rings is 1. The standard InChI is InChI=1S/C23H20F5N7O2/c24-13-9-30-35-15-3-1-12(18(27)19(15)32-23(37)20(13)35)11-33-5-7-34(8-6-33)16-4-2-14(31-21(16)28)22(36)29-10-17(25)26/h1-4,9,17H,5-8,10-11H2,(H,29,36)(H,32,37). The van der Waals surface area contributed by atoms with Gasteiger partial charge in [0.15, 0.2) is 17.2 Å². The van der Waals surface area contributed by atoms with Crippen molar-refractivity contribution in [3.63, 3.8) is 0 Å². The zero-order valence-corrected chi connectivity index (χ0v) is 19.1. The number of nitrogens with zero attached hydrogens (tertiary/aromatic N) is 5. The molecule has 194 valence electrons. The normalized spacial score (nSPS) is 14.7. The quantitative estimate of drug-likeness (QED) is 0.299. The van der Waals surface area contributed by atoms with Crippen molar-refractivity contribution < 1.29 is 26.7 Å². The minimum absolute atomic E-state index is 0.0810. The summed E-state index contributed by atoms with van der Waals surface area (Å²) in [6.45, 7) is 1.03. The molecule has 5 rings (SSSR count). The summed E-state index contributed by atoms with van der Waals surface area (Å²) in [5.41, 5.74) is -0.771. The van der Waals surface area contributed by atoms with E-state index in [9.17, 15) is 27.2 Å². The molecule has 37 heavy (non-hydrogen) atoms. The Labute approximate surface area is 205 Å². The van der Waals surface area contributed by atoms with Crippen LogP contribution in [-0.2, 0) is 6.54 Å². The van der Waals surface area contributed by atoms with Gasteiger partial charge in [-0.05, 0) is 18.2 Å². The lowest BCUT2D eigenvalue weighted by atomic mass is 10.1. The zero-order chi connectivity index (χ0) is 26.3. The van der Waals surface area contributed by atoms with Gasteiger partial charge < -0.3 is 15.2 Å². The van der Waals surface area contributed by atoms with Gasteiger partial charge in [-0.25, -0.2) is 27.1 Å². The van der Waals surface area contributed by atoms with Crippen molar-refractivity contribution in [3.8, 4) is 0 Å². The average molecular weight is 521 g/mol. The smallest absolute Gasteiger partial charge is 0.277 e. The van der Waals surface area contributed by atoms with Crippen LogP contribution in [0.2, 0.25) is 0 Å². The predicted octanol–water partition coefficient (Wildman–Crippen LogP) is 2.31. The van der Waals surface area contributed by atoms with E-state index in [4.69, 9.17) is 0 Å². The third kappa shape index (κ3) is 4.71. The Kier molecular flexibility index (Phi) is 6.50. The number of anilines is 1. The number of amides is 1. The third-order valence-electron chi connectivity index (χ3n) is 6.19. The molecule has 9 nitrogen and oxygen atoms in total. The molecule has 0 aliphatic carbocycles. The maximum absolute atomic E-state index is 15.3. The van der Waals surface area contributed by atoms with Crippen LogP contribution in [-0.4, -0.2) is 69.5 Å². The van der Waals surface area contributed by atoms with Crippen molar-refractivity contribution in [2.45, 2.75) is 13.0 Å². The monoisotopic (exact) mass is 521 g/mol. The fourth-order valence-electron chi connectivity index (χ4n) is 4.35. The van der Waals surface area contributed by atoms with Gasteiger partial charge in [0.25, 0.3) is 17.9 Å². The second-order valence-corrected chi connectivity index (χ2v) is 8.51. The lowest BCUT2D eigenvalue weighted by Gasteiger charge is -2.36. The second-order valence-electron chi connectivity index (χ2n) is 8.51. The topological polar surface area (TPSA) is 98.6 Å². The highest BCUT2D eigenvalue weighted by Crippen LogP contribution is 2.23. The molecular formula is C23H20F5N7O2. The summed E-state index contributed by atoms with van der Waals surface area (Å²) < 4.78 is 69.3. The maximum atomic E-state index is 15.3. The van der Waals surface area contributed by atoms with E-state index in [2.05, 4.69) is 15.1 Å². The molecule has 0 atom stereocenters. The van der Waals surface area contributed by atoms with E-state index in [0.29, 0.717) is 31.7 Å². The van der Waals surface area contributed by atoms with Crippen molar-refractivity contribution >= 4 is 28.1 Å². The third-order valence-corrected chi connectivity index (χ3v) is 6.19. The number of aromatic amines is 1. The first-order valence-corrected chi connectivity index (χ1v) is 11.3. The first-order valence-electron chi connectivity index (χ1n) is 11.3. The van der Waals surface area contributed by atoms with Crippen LogP contribution >= 0.6 is 0 Å². The molecule has 1 fully saturated rings. The number of carbonyl (C=O) groups is 1. The van der Waals surface area contributed by atoms with Crippen LogP contribution in [0.25, 0.3) is 16.6 Å². The highest BCUT2D eigenvalue weighted by Gasteiger charge is 2.23. The van der Waals surface area contributed by atoms with Crippen LogP contribution in [0, 0.1) is 17.6 Å². The molecular weight excluding hydrogens is 501 g/mol. The Bertz CT molecular complexity index is 1550. The summed E-state index contributed by atoms with van der Waals surface area (Å²) >= 11 is 0. The highest BCUT2D eigenvalue weighted by atomic mass is 19.3. The van der Waals surface area contributed by atoms with Crippen molar-refractivity contribution in [3.05, 3.63) is 69.7 Å². The molecule has 1 saturated heterocycles. The number of nitrogens with one attached hydrogen (secondary N) is 2. The molecule has 0 spiro atoms. The number of H-pyrrole nitrogens is 1. The highest BCUT2D eigenvalue weighted by molar-refractivity contribution is 5.92. The number of hydrogen-bond donors (Lipinski definition) is 2. The van der Waals surface area contributed by atoms with E-state index in [1.807, 2.05) is 10.2 Å². The number of piperazine rings is 1. The summed E-state index contributed by atoms with van der Waals surface area (Å²) in [4.78, 5) is 33.7. The zero-order valence-electron chi connectivity index (χ0n) is 19.1. The summed E-state index contributed by atoms with van der Waals surface area (Å²) in [6.07, 6.45) is -1.84. The van der Waals surface area contributed by atoms with Gasteiger partial charge in [0.1, 0.15) is 11.2 Å². The van der Waals surface area contributed by atoms with Gasteiger partial charge in [0.2, 0.25) is 5.95 Å². The fraction of sp³-hybridized carbons (Fsp3) is 0.304. The van der Waals surface area contributed by atoms with Crippen molar-refractivity contribution in [1.82, 2.24) is 29.8 Å². The Balaban J connectivity index is 1.27. The van der Waals surface area contributed by atoms with Crippen molar-refractivity contribution in [2.24, 2.45) is 0 Å². The van der Waals surface area contributed by atoms with E-state index in [1.54, 1.807) is 17.0 Å². The number of hydrogen-bond acceptors (Lipinski definition) is 6. The van der Waals surface area contributed by atoms with E-state index in [1.165, 1.54) is 12.1 Å². The van der Waals surface area contributed by atoms with E-state index >= 15 is 4.39 Å². The number of pyridine rings is 1. The molecule has 3 aromatic heterocycles. The molecule has 14 heteroatoms. The Morgan fingerprint density at radius 2 is 1.84 bits per heavy atom. The van der Waals surface area contributed by atoms with E-state index in [0.717, 1.165) is 10.7 Å². The van der Waals surface area contributed by atoms with Crippen molar-refractivity contribution in [1.29, 1.82) is 0 Å². The number of halogens is 5. The summed E-state index contributed by atoms with van der Waals surface area (Å²) in [5, 5.41) is 5.79. The first kappa shape index (κ1) is 24.6. The average Bonchev–Trinajstić information content (AvgIpc) is 3.27. The maximum Gasteiger partial charge on any atom is 0.277 e. The van der Waals surface area contributed by atoms with Gasteiger partial charge in [-0.2, -0.15) is 9.49 Å². The van der Waals surface area contributed by atoms with E-state index < -0.39 is 42.0 Å². The Hall–Kier alpha value is -4.07. The molecule has 0 radical (unpaired) electrons. The molecule has 0 unspecified atom stereocenters. The molecule has 1 aliphatic heterocycles. The Morgan fingerprint density at radius 1 is 1.08 bits per heavy atom. The minimum atomic E-state index is -2.73. The molecule has 4 aromatic rings. The molecule has 0 bridgehead atoms. The molecule has 0 saturated carbocycles. The van der Waals surface area contributed by atoms with Crippen LogP contribution < -0.4 is 15.8 Å². The first-order chi connectivity index (χ1) is 17.7.